The first kappa shape index (κ1) is 24.6. The molecule has 9 nitrogen and oxygen atoms in total. The van der Waals surface area contributed by atoms with E-state index in [-0.39, 0.29) is 16.9 Å². The lowest BCUT2D eigenvalue weighted by atomic mass is 10.0. The third-order valence-corrected chi connectivity index (χ3v) is 6.52. The average molecular weight is 526 g/mol. The predicted molar refractivity (Wildman–Crippen MR) is 153 cm³/mol. The van der Waals surface area contributed by atoms with Gasteiger partial charge in [0, 0.05) is 35.5 Å². The van der Waals surface area contributed by atoms with Crippen molar-refractivity contribution in [1.29, 1.82) is 0 Å². The maximum Gasteiger partial charge on any atom is 0.264 e. The van der Waals surface area contributed by atoms with Crippen LogP contribution in [0.15, 0.2) is 102 Å². The molecule has 1 atom stereocenters. The van der Waals surface area contributed by atoms with Gasteiger partial charge in [-0.1, -0.05) is 42.3 Å². The van der Waals surface area contributed by atoms with Crippen molar-refractivity contribution in [3.63, 3.8) is 0 Å². The number of carbonyl (C=O) groups is 1. The molecule has 0 aliphatic heterocycles. The minimum atomic E-state index is -0.578. The first-order chi connectivity index (χ1) is 19.5. The third-order valence-electron chi connectivity index (χ3n) is 6.52. The van der Waals surface area contributed by atoms with Crippen molar-refractivity contribution in [2.45, 2.75) is 13.0 Å². The molecule has 0 bridgehead atoms. The second-order valence-electron chi connectivity index (χ2n) is 9.12. The van der Waals surface area contributed by atoms with Crippen molar-refractivity contribution < 1.29 is 4.79 Å². The Balaban J connectivity index is 1.48. The van der Waals surface area contributed by atoms with Crippen molar-refractivity contribution in [1.82, 2.24) is 29.5 Å². The highest BCUT2D eigenvalue weighted by molar-refractivity contribution is 6.04. The number of pyridine rings is 2. The first-order valence-electron chi connectivity index (χ1n) is 12.6. The summed E-state index contributed by atoms with van der Waals surface area (Å²) < 4.78 is 3.06. The molecular weight excluding hydrogens is 502 g/mol. The Morgan fingerprint density at radius 2 is 1.75 bits per heavy atom. The molecule has 0 radical (unpaired) electrons. The van der Waals surface area contributed by atoms with Gasteiger partial charge in [0.25, 0.3) is 11.5 Å². The van der Waals surface area contributed by atoms with Gasteiger partial charge < -0.3 is 11.1 Å². The van der Waals surface area contributed by atoms with Gasteiger partial charge in [-0.05, 0) is 60.7 Å². The van der Waals surface area contributed by atoms with Crippen molar-refractivity contribution >= 4 is 28.1 Å². The number of rotatable bonds is 4. The van der Waals surface area contributed by atoms with Crippen LogP contribution in [0.3, 0.4) is 0 Å². The van der Waals surface area contributed by atoms with E-state index < -0.39 is 11.9 Å². The highest BCUT2D eigenvalue weighted by Gasteiger charge is 2.23. The number of para-hydroxylation sites is 1. The molecule has 0 saturated heterocycles. The molecule has 2 aromatic carbocycles. The number of hydrogen-bond acceptors (Lipinski definition) is 6. The highest BCUT2D eigenvalue weighted by atomic mass is 16.2. The summed E-state index contributed by atoms with van der Waals surface area (Å²) in [7, 11) is 0. The summed E-state index contributed by atoms with van der Waals surface area (Å²) in [4.78, 5) is 36.1. The second kappa shape index (κ2) is 10.2. The minimum absolute atomic E-state index is 0.0680. The highest BCUT2D eigenvalue weighted by Crippen LogP contribution is 2.24. The molecule has 40 heavy (non-hydrogen) atoms. The molecule has 0 fully saturated rings. The molecule has 3 N–H and O–H groups in total. The van der Waals surface area contributed by atoms with E-state index in [9.17, 15) is 9.59 Å². The summed E-state index contributed by atoms with van der Waals surface area (Å²) >= 11 is 0. The van der Waals surface area contributed by atoms with E-state index in [2.05, 4.69) is 32.2 Å². The number of anilines is 1. The fraction of sp³-hybridized carbons (Fsp3) is 0.0645. The molecular formula is C31H23N7O2. The van der Waals surface area contributed by atoms with Gasteiger partial charge in [0.2, 0.25) is 0 Å². The van der Waals surface area contributed by atoms with Crippen molar-refractivity contribution in [3.8, 4) is 17.5 Å². The Kier molecular flexibility index (Phi) is 6.26. The Hall–Kier alpha value is -5.75. The number of amides is 1. The summed E-state index contributed by atoms with van der Waals surface area (Å²) in [6.45, 7) is 1.82. The van der Waals surface area contributed by atoms with Gasteiger partial charge in [0.15, 0.2) is 11.5 Å². The second-order valence-corrected chi connectivity index (χ2v) is 9.12. The van der Waals surface area contributed by atoms with Gasteiger partial charge in [0.05, 0.1) is 11.4 Å². The Bertz CT molecular complexity index is 2000. The number of nitrogens with one attached hydrogen (secondary N) is 1. The van der Waals surface area contributed by atoms with E-state index in [1.165, 1.54) is 4.52 Å². The monoisotopic (exact) mass is 525 g/mol. The maximum atomic E-state index is 14.2. The Labute approximate surface area is 228 Å². The number of fused-ring (bicyclic) bond motifs is 2. The van der Waals surface area contributed by atoms with E-state index in [4.69, 9.17) is 5.73 Å². The van der Waals surface area contributed by atoms with Gasteiger partial charge >= 0.3 is 0 Å². The summed E-state index contributed by atoms with van der Waals surface area (Å²) in [6.07, 6.45) is 4.92. The summed E-state index contributed by atoms with van der Waals surface area (Å²) in [5.74, 6) is 5.79. The largest absolute Gasteiger partial charge is 0.381 e. The molecule has 194 valence electrons. The molecule has 9 heteroatoms. The van der Waals surface area contributed by atoms with E-state index in [1.54, 1.807) is 29.2 Å². The minimum Gasteiger partial charge on any atom is -0.381 e. The molecule has 4 heterocycles. The number of nitrogen functional groups attached to an aromatic ring is 1. The number of nitrogens with two attached hydrogens (primary N) is 1. The van der Waals surface area contributed by atoms with Crippen LogP contribution in [0.1, 0.15) is 40.3 Å². The van der Waals surface area contributed by atoms with Gasteiger partial charge in [0.1, 0.15) is 11.3 Å². The molecule has 1 unspecified atom stereocenters. The zero-order chi connectivity index (χ0) is 27.6. The number of carbonyl (C=O) groups excluding carboxylic acids is 1. The Morgan fingerprint density at radius 3 is 2.55 bits per heavy atom. The zero-order valence-electron chi connectivity index (χ0n) is 21.4. The van der Waals surface area contributed by atoms with E-state index in [0.717, 1.165) is 0 Å². The van der Waals surface area contributed by atoms with E-state index in [1.807, 2.05) is 79.7 Å². The topological polar surface area (TPSA) is 120 Å². The standard InChI is InChI=1S/C31H23N7O2/c1-20(35-30(39)27-28(32)36-37-18-8-17-34-29(27)37)25-19-22-10-7-9-21(14-15-23-11-5-6-16-33-23)26(22)31(40)38(25)24-12-3-2-4-13-24/h2-13,16-20H,1H3,(H2,32,36)(H,35,39). The zero-order valence-corrected chi connectivity index (χ0v) is 21.4. The van der Waals surface area contributed by atoms with Crippen LogP contribution in [-0.2, 0) is 0 Å². The normalized spacial score (nSPS) is 11.6. The average Bonchev–Trinajstić information content (AvgIpc) is 3.32. The van der Waals surface area contributed by atoms with Crippen molar-refractivity contribution in [2.75, 3.05) is 5.73 Å². The number of hydrogen-bond donors (Lipinski definition) is 2. The van der Waals surface area contributed by atoms with Crippen molar-refractivity contribution in [2.24, 2.45) is 0 Å². The lowest BCUT2D eigenvalue weighted by Crippen LogP contribution is -2.32. The fourth-order valence-electron chi connectivity index (χ4n) is 4.68. The smallest absolute Gasteiger partial charge is 0.264 e. The van der Waals surface area contributed by atoms with Crippen LogP contribution >= 0.6 is 0 Å². The fourth-order valence-corrected chi connectivity index (χ4v) is 4.68. The SMILES string of the molecule is CC(NC(=O)c1c(N)nn2cccnc12)c1cc2cccc(C#Cc3ccccn3)c2c(=O)n1-c1ccccc1. The molecule has 0 aliphatic rings. The van der Waals surface area contributed by atoms with Gasteiger partial charge in [-0.25, -0.2) is 14.5 Å². The molecule has 4 aromatic heterocycles. The molecule has 6 rings (SSSR count). The van der Waals surface area contributed by atoms with Crippen LogP contribution < -0.4 is 16.6 Å². The molecule has 0 saturated carbocycles. The van der Waals surface area contributed by atoms with Gasteiger partial charge in [-0.15, -0.1) is 5.10 Å². The van der Waals surface area contributed by atoms with Crippen LogP contribution in [0.2, 0.25) is 0 Å². The summed E-state index contributed by atoms with van der Waals surface area (Å²) in [6, 6.07) is 23.4. The van der Waals surface area contributed by atoms with Gasteiger partial charge in [-0.3, -0.25) is 14.2 Å². The van der Waals surface area contributed by atoms with Crippen LogP contribution in [0.25, 0.3) is 22.1 Å². The van der Waals surface area contributed by atoms with E-state index in [0.29, 0.717) is 39.1 Å². The lowest BCUT2D eigenvalue weighted by molar-refractivity contribution is 0.0941. The predicted octanol–water partition coefficient (Wildman–Crippen LogP) is 3.90. The van der Waals surface area contributed by atoms with Crippen LogP contribution in [0.4, 0.5) is 5.82 Å². The van der Waals surface area contributed by atoms with Crippen molar-refractivity contribution in [3.05, 3.63) is 130 Å². The summed E-state index contributed by atoms with van der Waals surface area (Å²) in [5, 5.41) is 8.36. The maximum absolute atomic E-state index is 14.2. The number of benzene rings is 2. The first-order valence-corrected chi connectivity index (χ1v) is 12.6. The molecule has 0 aliphatic carbocycles. The molecule has 6 aromatic rings. The van der Waals surface area contributed by atoms with Gasteiger partial charge in [-0.2, -0.15) is 0 Å². The number of nitrogens with zero attached hydrogens (tertiary/aromatic N) is 5. The molecule has 0 spiro atoms. The third kappa shape index (κ3) is 4.44. The molecule has 1 amide bonds. The quantitative estimate of drug-likeness (QED) is 0.337. The van der Waals surface area contributed by atoms with Crippen LogP contribution in [-0.4, -0.2) is 30.1 Å². The van der Waals surface area contributed by atoms with Crippen LogP contribution in [0.5, 0.6) is 0 Å². The van der Waals surface area contributed by atoms with E-state index >= 15 is 0 Å². The lowest BCUT2D eigenvalue weighted by Gasteiger charge is -2.21. The Morgan fingerprint density at radius 1 is 0.950 bits per heavy atom. The number of aromatic nitrogens is 5. The summed E-state index contributed by atoms with van der Waals surface area (Å²) in [5.41, 5.74) is 8.80. The van der Waals surface area contributed by atoms with Crippen LogP contribution in [0, 0.1) is 11.8 Å².